The maximum Gasteiger partial charge on any atom is 0.244 e. The van der Waals surface area contributed by atoms with Crippen molar-refractivity contribution in [2.75, 3.05) is 36.1 Å². The summed E-state index contributed by atoms with van der Waals surface area (Å²) in [6.45, 7) is 24.7. The van der Waals surface area contributed by atoms with E-state index in [1.165, 1.54) is 0 Å². The van der Waals surface area contributed by atoms with Crippen molar-refractivity contribution in [3.63, 3.8) is 0 Å². The number of aliphatic hydroxyl groups excluding tert-OH is 2. The van der Waals surface area contributed by atoms with Gasteiger partial charge in [-0.05, 0) is 56.8 Å². The lowest BCUT2D eigenvalue weighted by molar-refractivity contribution is -0.135. The summed E-state index contributed by atoms with van der Waals surface area (Å²) in [4.78, 5) is 27.6. The number of hydrogen-bond acceptors (Lipinski definition) is 9. The average molecular weight is 640 g/mol. The van der Waals surface area contributed by atoms with Crippen LogP contribution in [0.1, 0.15) is 89.0 Å². The van der Waals surface area contributed by atoms with Crippen LogP contribution in [0.15, 0.2) is 0 Å². The van der Waals surface area contributed by atoms with E-state index in [1.54, 1.807) is 57.0 Å². The van der Waals surface area contributed by atoms with Crippen molar-refractivity contribution < 1.29 is 19.8 Å². The molecule has 0 aromatic rings. The fraction of sp³-hybridized carbons (Fsp3) is 0.931. The Morgan fingerprint density at radius 2 is 1.07 bits per heavy atom. The number of piperazine rings is 1. The zero-order chi connectivity index (χ0) is 30.9. The topological polar surface area (TPSA) is 102 Å². The molecule has 0 spiro atoms. The maximum atomic E-state index is 12.7. The second-order valence-corrected chi connectivity index (χ2v) is 19.9. The Balaban J connectivity index is 2.46. The van der Waals surface area contributed by atoms with E-state index in [0.717, 1.165) is 24.3 Å². The van der Waals surface area contributed by atoms with Crippen LogP contribution < -0.4 is 10.6 Å². The second kappa shape index (κ2) is 16.3. The highest BCUT2D eigenvalue weighted by molar-refractivity contribution is 8.77. The lowest BCUT2D eigenvalue weighted by Crippen LogP contribution is -2.63. The molecule has 11 heteroatoms. The Morgan fingerprint density at radius 1 is 0.700 bits per heavy atom. The van der Waals surface area contributed by atoms with Gasteiger partial charge in [0.1, 0.15) is 12.1 Å². The van der Waals surface area contributed by atoms with Crippen LogP contribution in [0, 0.1) is 16.2 Å². The summed E-state index contributed by atoms with van der Waals surface area (Å²) < 4.78 is 0. The minimum Gasteiger partial charge on any atom is -0.392 e. The summed E-state index contributed by atoms with van der Waals surface area (Å²) in [7, 11) is 6.77. The normalized spacial score (nSPS) is 20.9. The number of aliphatic hydroxyl groups is 2. The van der Waals surface area contributed by atoms with Crippen LogP contribution in [-0.4, -0.2) is 92.9 Å². The van der Waals surface area contributed by atoms with E-state index in [-0.39, 0.29) is 33.6 Å². The Labute approximate surface area is 260 Å². The number of nitrogens with one attached hydrogen (secondary N) is 2. The highest BCUT2D eigenvalue weighted by Crippen LogP contribution is 2.40. The molecule has 0 aromatic heterocycles. The molecule has 236 valence electrons. The van der Waals surface area contributed by atoms with Crippen LogP contribution in [0.25, 0.3) is 0 Å². The highest BCUT2D eigenvalue weighted by Gasteiger charge is 2.36. The Bertz CT molecular complexity index is 791. The van der Waals surface area contributed by atoms with Gasteiger partial charge in [0.05, 0.1) is 12.2 Å². The molecule has 1 saturated heterocycles. The molecule has 1 rings (SSSR count). The number of hydrogen-bond donors (Lipinski definition) is 4. The number of nitrogens with zero attached hydrogens (tertiary/aromatic N) is 1. The van der Waals surface area contributed by atoms with E-state index in [9.17, 15) is 19.8 Å². The molecule has 0 aromatic carbocycles. The SMILES string of the molecule is CC(O)CN(CC(C)O)C(C)(C)CC(C)(C)CSSCC1NC(=O)C(CSSCC(C)(C)CC(C)(C)C)NC1=O. The van der Waals surface area contributed by atoms with Gasteiger partial charge in [-0.15, -0.1) is 0 Å². The van der Waals surface area contributed by atoms with E-state index in [1.807, 2.05) is 0 Å². The molecule has 0 aliphatic carbocycles. The van der Waals surface area contributed by atoms with Gasteiger partial charge in [-0.3, -0.25) is 14.5 Å². The zero-order valence-electron chi connectivity index (χ0n) is 26.8. The van der Waals surface area contributed by atoms with Gasteiger partial charge < -0.3 is 20.8 Å². The summed E-state index contributed by atoms with van der Waals surface area (Å²) in [6, 6.07) is -1.01. The van der Waals surface area contributed by atoms with Crippen molar-refractivity contribution in [3.8, 4) is 0 Å². The summed E-state index contributed by atoms with van der Waals surface area (Å²) in [5.74, 6) is 2.75. The lowest BCUT2D eigenvalue weighted by Gasteiger charge is -2.44. The maximum absolute atomic E-state index is 12.7. The summed E-state index contributed by atoms with van der Waals surface area (Å²) in [5.41, 5.74) is 0.292. The smallest absolute Gasteiger partial charge is 0.244 e. The molecule has 2 amide bonds. The van der Waals surface area contributed by atoms with Crippen LogP contribution >= 0.6 is 43.2 Å². The van der Waals surface area contributed by atoms with E-state index < -0.39 is 24.3 Å². The number of amides is 2. The van der Waals surface area contributed by atoms with Gasteiger partial charge in [-0.25, -0.2) is 0 Å². The average Bonchev–Trinajstić information content (AvgIpc) is 2.73. The summed E-state index contributed by atoms with van der Waals surface area (Å²) >= 11 is 0. The predicted octanol–water partition coefficient (Wildman–Crippen LogP) is 5.45. The third-order valence-corrected chi connectivity index (χ3v) is 12.1. The highest BCUT2D eigenvalue weighted by atomic mass is 33.1. The van der Waals surface area contributed by atoms with Gasteiger partial charge in [-0.1, -0.05) is 91.6 Å². The quantitative estimate of drug-likeness (QED) is 0.115. The zero-order valence-corrected chi connectivity index (χ0v) is 30.0. The fourth-order valence-corrected chi connectivity index (χ4v) is 11.3. The number of rotatable bonds is 18. The Hall–Kier alpha value is 0.220. The molecule has 4 unspecified atom stereocenters. The van der Waals surface area contributed by atoms with Crippen molar-refractivity contribution in [3.05, 3.63) is 0 Å². The van der Waals surface area contributed by atoms with Crippen molar-refractivity contribution >= 4 is 55.0 Å². The molecular formula is C29H57N3O4S4. The first kappa shape index (κ1) is 38.2. The standard InChI is InChI=1S/C29H57N3O4S4/c1-20(33)12-32(13-21(2)34)29(10,11)17-28(8,9)19-40-38-15-23-25(36)30-22(24(35)31-23)14-37-39-18-27(6,7)16-26(3,4)5/h20-23,33-34H,12-19H2,1-11H3,(H,30,36)(H,31,35). The van der Waals surface area contributed by atoms with E-state index in [4.69, 9.17) is 0 Å². The van der Waals surface area contributed by atoms with Crippen LogP contribution in [0.2, 0.25) is 0 Å². The number of β-amino-alcohol motifs (C(OH)–C–C–N with tert-alkyl or cyclic N) is 2. The van der Waals surface area contributed by atoms with E-state index in [0.29, 0.717) is 24.6 Å². The largest absolute Gasteiger partial charge is 0.392 e. The number of carbonyl (C=O) groups is 2. The first-order valence-electron chi connectivity index (χ1n) is 14.3. The number of carbonyl (C=O) groups excluding carboxylic acids is 2. The molecule has 4 N–H and O–H groups in total. The van der Waals surface area contributed by atoms with Gasteiger partial charge in [-0.2, -0.15) is 0 Å². The second-order valence-electron chi connectivity index (χ2n) is 14.9. The minimum absolute atomic E-state index is 0.00366. The van der Waals surface area contributed by atoms with Gasteiger partial charge in [0.2, 0.25) is 11.8 Å². The van der Waals surface area contributed by atoms with Gasteiger partial charge in [0.25, 0.3) is 0 Å². The molecule has 0 saturated carbocycles. The van der Waals surface area contributed by atoms with Crippen molar-refractivity contribution in [2.24, 2.45) is 16.2 Å². The van der Waals surface area contributed by atoms with Crippen LogP contribution in [0.3, 0.4) is 0 Å². The first-order chi connectivity index (χ1) is 18.1. The monoisotopic (exact) mass is 639 g/mol. The van der Waals surface area contributed by atoms with Crippen LogP contribution in [0.4, 0.5) is 0 Å². The van der Waals surface area contributed by atoms with Gasteiger partial charge in [0, 0.05) is 41.6 Å². The third-order valence-electron chi connectivity index (χ3n) is 6.55. The molecule has 40 heavy (non-hydrogen) atoms. The van der Waals surface area contributed by atoms with Crippen molar-refractivity contribution in [1.29, 1.82) is 0 Å². The molecule has 0 bridgehead atoms. The van der Waals surface area contributed by atoms with Gasteiger partial charge in [0.15, 0.2) is 0 Å². The molecule has 1 heterocycles. The van der Waals surface area contributed by atoms with E-state index >= 15 is 0 Å². The summed E-state index contributed by atoms with van der Waals surface area (Å²) in [5, 5.41) is 25.8. The third kappa shape index (κ3) is 15.6. The predicted molar refractivity (Wildman–Crippen MR) is 179 cm³/mol. The molecule has 1 aliphatic rings. The summed E-state index contributed by atoms with van der Waals surface area (Å²) in [6.07, 6.45) is 1.08. The fourth-order valence-electron chi connectivity index (χ4n) is 5.57. The van der Waals surface area contributed by atoms with Crippen molar-refractivity contribution in [2.45, 2.75) is 119 Å². The molecule has 0 radical (unpaired) electrons. The molecular weight excluding hydrogens is 583 g/mol. The molecule has 1 aliphatic heterocycles. The molecule has 7 nitrogen and oxygen atoms in total. The van der Waals surface area contributed by atoms with Gasteiger partial charge >= 0.3 is 0 Å². The molecule has 4 atom stereocenters. The molecule has 1 fully saturated rings. The Kier molecular flexibility index (Phi) is 15.6. The Morgan fingerprint density at radius 3 is 1.43 bits per heavy atom. The minimum atomic E-state index is -0.517. The lowest BCUT2D eigenvalue weighted by atomic mass is 9.77. The van der Waals surface area contributed by atoms with Crippen LogP contribution in [-0.2, 0) is 9.59 Å². The van der Waals surface area contributed by atoms with Crippen molar-refractivity contribution in [1.82, 2.24) is 15.5 Å². The van der Waals surface area contributed by atoms with E-state index in [2.05, 4.69) is 77.8 Å². The van der Waals surface area contributed by atoms with Crippen LogP contribution in [0.5, 0.6) is 0 Å². The first-order valence-corrected chi connectivity index (χ1v) is 19.3.